The van der Waals surface area contributed by atoms with Crippen LogP contribution in [0.4, 0.5) is 5.69 Å². The number of carbonyl (C=O) groups excluding carboxylic acids is 1. The number of aryl methyl sites for hydroxylation is 2. The van der Waals surface area contributed by atoms with Crippen molar-refractivity contribution in [2.75, 3.05) is 7.11 Å². The molecular weight excluding hydrogens is 302 g/mol. The van der Waals surface area contributed by atoms with Crippen LogP contribution in [0.2, 0.25) is 0 Å². The first-order chi connectivity index (χ1) is 11.4. The van der Waals surface area contributed by atoms with E-state index in [0.717, 1.165) is 11.1 Å². The molecule has 2 aromatic carbocycles. The van der Waals surface area contributed by atoms with Crippen molar-refractivity contribution in [3.63, 3.8) is 0 Å². The molecule has 4 nitrogen and oxygen atoms in total. The summed E-state index contributed by atoms with van der Waals surface area (Å²) in [7, 11) is 1.28. The van der Waals surface area contributed by atoms with E-state index in [4.69, 9.17) is 4.74 Å². The molecule has 1 N–H and O–H groups in total. The summed E-state index contributed by atoms with van der Waals surface area (Å²) in [5.41, 5.74) is 3.85. The number of aliphatic imine (C=N–C) groups is 1. The Morgan fingerprint density at radius 3 is 2.29 bits per heavy atom. The van der Waals surface area contributed by atoms with Gasteiger partial charge in [0.05, 0.1) is 18.5 Å². The van der Waals surface area contributed by atoms with E-state index in [-0.39, 0.29) is 11.3 Å². The van der Waals surface area contributed by atoms with Crippen LogP contribution in [-0.4, -0.2) is 23.9 Å². The molecule has 0 unspecified atom stereocenters. The van der Waals surface area contributed by atoms with E-state index < -0.39 is 5.97 Å². The summed E-state index contributed by atoms with van der Waals surface area (Å²) < 4.78 is 4.83. The fourth-order valence-electron chi connectivity index (χ4n) is 2.30. The zero-order valence-electron chi connectivity index (χ0n) is 14.3. The fraction of sp³-hybridized carbons (Fsp3) is 0.200. The lowest BCUT2D eigenvalue weighted by molar-refractivity contribution is -0.135. The minimum atomic E-state index is -0.622. The average molecular weight is 323 g/mol. The Hall–Kier alpha value is -2.88. The number of methoxy groups -OCH3 is 1. The number of nitrogens with zero attached hydrogens (tertiary/aromatic N) is 1. The van der Waals surface area contributed by atoms with Crippen LogP contribution < -0.4 is 0 Å². The lowest BCUT2D eigenvalue weighted by Gasteiger charge is -2.11. The van der Waals surface area contributed by atoms with Gasteiger partial charge in [0.2, 0.25) is 0 Å². The van der Waals surface area contributed by atoms with Gasteiger partial charge in [0.25, 0.3) is 0 Å². The molecule has 0 bridgehead atoms. The smallest absolute Gasteiger partial charge is 0.343 e. The van der Waals surface area contributed by atoms with Crippen molar-refractivity contribution < 1.29 is 14.6 Å². The van der Waals surface area contributed by atoms with Gasteiger partial charge in [-0.25, -0.2) is 4.79 Å². The molecule has 2 aromatic rings. The number of aliphatic hydroxyl groups is 1. The maximum absolute atomic E-state index is 12.2. The highest BCUT2D eigenvalue weighted by Gasteiger charge is 2.20. The summed E-state index contributed by atoms with van der Waals surface area (Å²) in [6.07, 6.45) is 0. The van der Waals surface area contributed by atoms with E-state index >= 15 is 0 Å². The topological polar surface area (TPSA) is 58.9 Å². The van der Waals surface area contributed by atoms with E-state index in [0.29, 0.717) is 17.0 Å². The van der Waals surface area contributed by atoms with Crippen molar-refractivity contribution in [3.8, 4) is 0 Å². The Kier molecular flexibility index (Phi) is 5.53. The van der Waals surface area contributed by atoms with Crippen LogP contribution in [0.5, 0.6) is 0 Å². The largest absolute Gasteiger partial charge is 0.506 e. The molecule has 2 rings (SSSR count). The molecule has 0 saturated carbocycles. The minimum absolute atomic E-state index is 0.0598. The zero-order valence-corrected chi connectivity index (χ0v) is 14.3. The maximum atomic E-state index is 12.2. The molecule has 0 spiro atoms. The highest BCUT2D eigenvalue weighted by Crippen LogP contribution is 2.22. The molecule has 0 saturated heterocycles. The first-order valence-corrected chi connectivity index (χ1v) is 7.64. The first-order valence-electron chi connectivity index (χ1n) is 7.64. The standard InChI is InChI=1S/C20H21NO3/c1-13-10-11-16(12-14(13)2)19(22)18(20(23)24-4)15(3)21-17-8-6-5-7-9-17/h5-12,22H,1-4H3. The molecule has 0 aliphatic carbocycles. The van der Waals surface area contributed by atoms with Crippen LogP contribution in [0.1, 0.15) is 23.6 Å². The number of rotatable bonds is 4. The van der Waals surface area contributed by atoms with Crippen LogP contribution in [0.25, 0.3) is 5.76 Å². The number of carbonyl (C=O) groups is 1. The van der Waals surface area contributed by atoms with E-state index in [9.17, 15) is 9.90 Å². The minimum Gasteiger partial charge on any atom is -0.506 e. The summed E-state index contributed by atoms with van der Waals surface area (Å²) in [5, 5.41) is 10.6. The third-order valence-corrected chi connectivity index (χ3v) is 3.82. The van der Waals surface area contributed by atoms with Crippen molar-refractivity contribution in [3.05, 3.63) is 70.8 Å². The highest BCUT2D eigenvalue weighted by molar-refractivity contribution is 6.23. The molecule has 0 aliphatic rings. The fourth-order valence-corrected chi connectivity index (χ4v) is 2.30. The van der Waals surface area contributed by atoms with Crippen LogP contribution in [0.3, 0.4) is 0 Å². The maximum Gasteiger partial charge on any atom is 0.343 e. The van der Waals surface area contributed by atoms with Crippen molar-refractivity contribution in [2.45, 2.75) is 20.8 Å². The number of benzene rings is 2. The van der Waals surface area contributed by atoms with Gasteiger partial charge in [0.15, 0.2) is 0 Å². The van der Waals surface area contributed by atoms with Crippen molar-refractivity contribution in [1.29, 1.82) is 0 Å². The molecule has 0 radical (unpaired) electrons. The number of hydrogen-bond acceptors (Lipinski definition) is 4. The molecule has 4 heteroatoms. The number of aliphatic hydroxyl groups excluding tert-OH is 1. The lowest BCUT2D eigenvalue weighted by Crippen LogP contribution is -2.14. The third kappa shape index (κ3) is 3.90. The number of ether oxygens (including phenoxy) is 1. The zero-order chi connectivity index (χ0) is 17.7. The SMILES string of the molecule is COC(=O)C(C(C)=Nc1ccccc1)=C(O)c1ccc(C)c(C)c1. The normalized spacial score (nSPS) is 12.6. The number of para-hydroxylation sites is 1. The van der Waals surface area contributed by atoms with Gasteiger partial charge in [-0.15, -0.1) is 0 Å². The van der Waals surface area contributed by atoms with Crippen molar-refractivity contribution >= 4 is 23.1 Å². The average Bonchev–Trinajstić information content (AvgIpc) is 2.58. The Balaban J connectivity index is 2.56. The van der Waals surface area contributed by atoms with E-state index in [1.807, 2.05) is 56.3 Å². The molecule has 0 fully saturated rings. The van der Waals surface area contributed by atoms with Gasteiger partial charge in [-0.2, -0.15) is 0 Å². The van der Waals surface area contributed by atoms with Crippen LogP contribution in [0, 0.1) is 13.8 Å². The van der Waals surface area contributed by atoms with Gasteiger partial charge >= 0.3 is 5.97 Å². The molecule has 24 heavy (non-hydrogen) atoms. The molecule has 0 amide bonds. The van der Waals surface area contributed by atoms with Gasteiger partial charge in [-0.3, -0.25) is 4.99 Å². The molecule has 0 aliphatic heterocycles. The summed E-state index contributed by atoms with van der Waals surface area (Å²) in [5.74, 6) is -0.759. The molecule has 124 valence electrons. The summed E-state index contributed by atoms with van der Waals surface area (Å²) in [6, 6.07) is 14.8. The van der Waals surface area contributed by atoms with Gasteiger partial charge in [-0.05, 0) is 50.1 Å². The van der Waals surface area contributed by atoms with Crippen LogP contribution in [0.15, 0.2) is 59.1 Å². The first kappa shape index (κ1) is 17.5. The van der Waals surface area contributed by atoms with Crippen LogP contribution >= 0.6 is 0 Å². The van der Waals surface area contributed by atoms with Gasteiger partial charge in [0, 0.05) is 5.56 Å². The Bertz CT molecular complexity index is 805. The second kappa shape index (κ2) is 7.59. The number of esters is 1. The molecule has 0 aromatic heterocycles. The lowest BCUT2D eigenvalue weighted by atomic mass is 10.0. The quantitative estimate of drug-likeness (QED) is 0.389. The van der Waals surface area contributed by atoms with Crippen LogP contribution in [-0.2, 0) is 9.53 Å². The molecule has 0 atom stereocenters. The van der Waals surface area contributed by atoms with E-state index in [2.05, 4.69) is 4.99 Å². The Morgan fingerprint density at radius 2 is 1.71 bits per heavy atom. The van der Waals surface area contributed by atoms with Gasteiger partial charge < -0.3 is 9.84 Å². The Morgan fingerprint density at radius 1 is 1.04 bits per heavy atom. The second-order valence-electron chi connectivity index (χ2n) is 5.55. The molecule has 0 heterocycles. The van der Waals surface area contributed by atoms with Crippen molar-refractivity contribution in [2.24, 2.45) is 4.99 Å². The molecular formula is C20H21NO3. The number of hydrogen-bond donors (Lipinski definition) is 1. The monoisotopic (exact) mass is 323 g/mol. The predicted octanol–water partition coefficient (Wildman–Crippen LogP) is 4.54. The van der Waals surface area contributed by atoms with Gasteiger partial charge in [-0.1, -0.05) is 30.3 Å². The summed E-state index contributed by atoms with van der Waals surface area (Å²) in [6.45, 7) is 5.62. The van der Waals surface area contributed by atoms with E-state index in [1.165, 1.54) is 7.11 Å². The summed E-state index contributed by atoms with van der Waals surface area (Å²) >= 11 is 0. The van der Waals surface area contributed by atoms with Crippen molar-refractivity contribution in [1.82, 2.24) is 0 Å². The third-order valence-electron chi connectivity index (χ3n) is 3.82. The second-order valence-corrected chi connectivity index (χ2v) is 5.55. The summed E-state index contributed by atoms with van der Waals surface area (Å²) in [4.78, 5) is 16.6. The van der Waals surface area contributed by atoms with Gasteiger partial charge in [0.1, 0.15) is 11.3 Å². The predicted molar refractivity (Wildman–Crippen MR) is 96.7 cm³/mol. The van der Waals surface area contributed by atoms with E-state index in [1.54, 1.807) is 13.0 Å². The highest BCUT2D eigenvalue weighted by atomic mass is 16.5. The Labute approximate surface area is 142 Å².